The quantitative estimate of drug-likeness (QED) is 0.453. The van der Waals surface area contributed by atoms with E-state index in [0.717, 1.165) is 22.2 Å². The van der Waals surface area contributed by atoms with E-state index in [9.17, 15) is 5.11 Å². The highest BCUT2D eigenvalue weighted by molar-refractivity contribution is 14.1. The third-order valence-corrected chi connectivity index (χ3v) is 4.03. The van der Waals surface area contributed by atoms with Crippen molar-refractivity contribution in [2.75, 3.05) is 6.54 Å². The van der Waals surface area contributed by atoms with Gasteiger partial charge in [0.15, 0.2) is 6.54 Å². The molecule has 0 radical (unpaired) electrons. The minimum Gasteiger partial charge on any atom is -0.461 e. The molecular weight excluding hydrogens is 360 g/mol. The van der Waals surface area contributed by atoms with Crippen LogP contribution in [0.4, 0.5) is 5.69 Å². The highest BCUT2D eigenvalue weighted by Crippen LogP contribution is 2.33. The molecule has 0 spiro atoms. The van der Waals surface area contributed by atoms with Crippen molar-refractivity contribution in [3.05, 3.63) is 27.8 Å². The van der Waals surface area contributed by atoms with Gasteiger partial charge in [-0.05, 0) is 34.7 Å². The lowest BCUT2D eigenvalue weighted by atomic mass is 10.1. The van der Waals surface area contributed by atoms with Gasteiger partial charge in [0.05, 0.1) is 0 Å². The lowest BCUT2D eigenvalue weighted by Crippen LogP contribution is -2.38. The molecule has 0 bridgehead atoms. The standard InChI is InChI=1S/C11H10Cl2INO/c12-11(13)6-1-7-15(10(11)16)9-4-2-8(14)3-5-9/h2-5H,1,6-7H2/p+1. The molecule has 0 aromatic heterocycles. The zero-order chi connectivity index (χ0) is 11.8. The lowest BCUT2D eigenvalue weighted by molar-refractivity contribution is -0.457. The number of hydrogen-bond acceptors (Lipinski definition) is 0. The predicted molar refractivity (Wildman–Crippen MR) is 75.3 cm³/mol. The molecule has 0 saturated carbocycles. The van der Waals surface area contributed by atoms with Crippen LogP contribution in [0.15, 0.2) is 24.3 Å². The normalized spacial score (nSPS) is 19.9. The molecule has 2 nitrogen and oxygen atoms in total. The summed E-state index contributed by atoms with van der Waals surface area (Å²) in [6, 6.07) is 7.88. The number of nitrogens with zero attached hydrogens (tertiary/aromatic N) is 1. The second kappa shape index (κ2) is 4.70. The summed E-state index contributed by atoms with van der Waals surface area (Å²) in [6.45, 7) is 0.744. The largest absolute Gasteiger partial charge is 0.461 e. The van der Waals surface area contributed by atoms with Gasteiger partial charge in [0, 0.05) is 28.5 Å². The fraction of sp³-hybridized carbons (Fsp3) is 0.364. The third-order valence-electron chi connectivity index (χ3n) is 2.59. The summed E-state index contributed by atoms with van der Waals surface area (Å²) in [4.78, 5) is 0. The first-order valence-electron chi connectivity index (χ1n) is 4.98. The number of hydrogen-bond donors (Lipinski definition) is 1. The van der Waals surface area contributed by atoms with Gasteiger partial charge in [0.1, 0.15) is 0 Å². The Bertz CT molecular complexity index is 428. The van der Waals surface area contributed by atoms with Crippen molar-refractivity contribution >= 4 is 57.4 Å². The fourth-order valence-electron chi connectivity index (χ4n) is 1.75. The average molecular weight is 371 g/mol. The van der Waals surface area contributed by atoms with Crippen LogP contribution in [0.3, 0.4) is 0 Å². The molecule has 0 aliphatic carbocycles. The second-order valence-corrected chi connectivity index (χ2v) is 6.49. The van der Waals surface area contributed by atoms with Gasteiger partial charge in [-0.25, -0.2) is 0 Å². The van der Waals surface area contributed by atoms with Crippen LogP contribution in [0, 0.1) is 3.57 Å². The summed E-state index contributed by atoms with van der Waals surface area (Å²) >= 11 is 14.3. The number of aliphatic hydroxyl groups is 1. The summed E-state index contributed by atoms with van der Waals surface area (Å²) in [5, 5.41) is 10.00. The molecule has 1 N–H and O–H groups in total. The van der Waals surface area contributed by atoms with Crippen molar-refractivity contribution < 1.29 is 9.68 Å². The first-order valence-corrected chi connectivity index (χ1v) is 6.81. The number of alkyl halides is 2. The van der Waals surface area contributed by atoms with E-state index in [1.807, 2.05) is 24.3 Å². The fourth-order valence-corrected chi connectivity index (χ4v) is 2.58. The van der Waals surface area contributed by atoms with Crippen molar-refractivity contribution in [3.8, 4) is 0 Å². The molecule has 86 valence electrons. The Labute approximate surface area is 118 Å². The van der Waals surface area contributed by atoms with Gasteiger partial charge < -0.3 is 5.11 Å². The van der Waals surface area contributed by atoms with Gasteiger partial charge >= 0.3 is 5.90 Å². The first kappa shape index (κ1) is 12.5. The van der Waals surface area contributed by atoms with Crippen LogP contribution in [-0.2, 0) is 0 Å². The van der Waals surface area contributed by atoms with Crippen LogP contribution in [0.25, 0.3) is 0 Å². The SMILES string of the molecule is OC1=[N+](c2ccc(I)cc2)CCCC1(Cl)Cl. The minimum atomic E-state index is -1.15. The molecule has 1 aliphatic rings. The molecule has 1 aromatic rings. The second-order valence-electron chi connectivity index (χ2n) is 3.76. The molecule has 1 aromatic carbocycles. The maximum atomic E-state index is 10.00. The molecule has 16 heavy (non-hydrogen) atoms. The van der Waals surface area contributed by atoms with E-state index in [0.29, 0.717) is 6.42 Å². The maximum absolute atomic E-state index is 10.00. The molecule has 5 heteroatoms. The van der Waals surface area contributed by atoms with Crippen LogP contribution in [0.2, 0.25) is 0 Å². The van der Waals surface area contributed by atoms with Crippen LogP contribution in [0.5, 0.6) is 0 Å². The average Bonchev–Trinajstić information content (AvgIpc) is 2.24. The van der Waals surface area contributed by atoms with Crippen molar-refractivity contribution in [3.63, 3.8) is 0 Å². The van der Waals surface area contributed by atoms with Crippen LogP contribution in [-0.4, -0.2) is 26.5 Å². The zero-order valence-corrected chi connectivity index (χ0v) is 12.1. The lowest BCUT2D eigenvalue weighted by Gasteiger charge is -2.20. The molecular formula is C11H11Cl2INO+. The Morgan fingerprint density at radius 1 is 1.25 bits per heavy atom. The van der Waals surface area contributed by atoms with E-state index >= 15 is 0 Å². The van der Waals surface area contributed by atoms with E-state index in [4.69, 9.17) is 23.2 Å². The smallest absolute Gasteiger partial charge is 0.377 e. The Morgan fingerprint density at radius 2 is 1.88 bits per heavy atom. The van der Waals surface area contributed by atoms with Gasteiger partial charge in [-0.3, -0.25) is 0 Å². The number of rotatable bonds is 1. The van der Waals surface area contributed by atoms with Crippen molar-refractivity contribution in [2.24, 2.45) is 0 Å². The predicted octanol–water partition coefficient (Wildman–Crippen LogP) is 3.86. The van der Waals surface area contributed by atoms with Gasteiger partial charge in [-0.1, -0.05) is 23.2 Å². The summed E-state index contributed by atoms with van der Waals surface area (Å²) in [6.07, 6.45) is 1.45. The third kappa shape index (κ3) is 2.46. The van der Waals surface area contributed by atoms with Gasteiger partial charge in [0.25, 0.3) is 0 Å². The Kier molecular flexibility index (Phi) is 3.66. The molecule has 2 rings (SSSR count). The number of aliphatic hydroxyl groups excluding tert-OH is 1. The summed E-state index contributed by atoms with van der Waals surface area (Å²) < 4.78 is 1.77. The molecule has 0 unspecified atom stereocenters. The van der Waals surface area contributed by atoms with Gasteiger partial charge in [0.2, 0.25) is 10.0 Å². The summed E-state index contributed by atoms with van der Waals surface area (Å²) in [5.41, 5.74) is 0.920. The molecule has 1 aliphatic heterocycles. The topological polar surface area (TPSA) is 23.2 Å². The van der Waals surface area contributed by atoms with E-state index in [1.165, 1.54) is 0 Å². The maximum Gasteiger partial charge on any atom is 0.377 e. The Hall–Kier alpha value is -0.000000000000000111. The Balaban J connectivity index is 2.43. The molecule has 1 heterocycles. The molecule has 0 amide bonds. The van der Waals surface area contributed by atoms with Crippen LogP contribution < -0.4 is 0 Å². The molecule has 0 fully saturated rings. The summed E-state index contributed by atoms with van der Waals surface area (Å²) in [7, 11) is 0. The zero-order valence-electron chi connectivity index (χ0n) is 8.46. The number of benzene rings is 1. The van der Waals surface area contributed by atoms with Gasteiger partial charge in [-0.2, -0.15) is 4.58 Å². The summed E-state index contributed by atoms with van der Waals surface area (Å²) in [5.74, 6) is 0.0308. The van der Waals surface area contributed by atoms with Crippen molar-refractivity contribution in [1.82, 2.24) is 0 Å². The van der Waals surface area contributed by atoms with E-state index in [1.54, 1.807) is 4.58 Å². The van der Waals surface area contributed by atoms with Gasteiger partial charge in [-0.15, -0.1) is 0 Å². The first-order chi connectivity index (χ1) is 7.50. The molecule has 0 atom stereocenters. The monoisotopic (exact) mass is 370 g/mol. The highest BCUT2D eigenvalue weighted by Gasteiger charge is 2.42. The van der Waals surface area contributed by atoms with E-state index in [-0.39, 0.29) is 5.90 Å². The van der Waals surface area contributed by atoms with Crippen molar-refractivity contribution in [1.29, 1.82) is 0 Å². The highest BCUT2D eigenvalue weighted by atomic mass is 127. The van der Waals surface area contributed by atoms with Crippen LogP contribution >= 0.6 is 45.8 Å². The number of halogens is 3. The van der Waals surface area contributed by atoms with Crippen molar-refractivity contribution in [2.45, 2.75) is 17.2 Å². The molecule has 0 saturated heterocycles. The van der Waals surface area contributed by atoms with Crippen LogP contribution in [0.1, 0.15) is 12.8 Å². The van der Waals surface area contributed by atoms with E-state index in [2.05, 4.69) is 22.6 Å². The van der Waals surface area contributed by atoms with E-state index < -0.39 is 4.33 Å². The Morgan fingerprint density at radius 3 is 2.50 bits per heavy atom. The minimum absolute atomic E-state index is 0.0308.